The van der Waals surface area contributed by atoms with E-state index in [4.69, 9.17) is 4.74 Å². The van der Waals surface area contributed by atoms with Gasteiger partial charge in [-0.3, -0.25) is 19.1 Å². The van der Waals surface area contributed by atoms with E-state index in [0.717, 1.165) is 0 Å². The third kappa shape index (κ3) is 2.93. The number of hydrogen-bond donors (Lipinski definition) is 0. The lowest BCUT2D eigenvalue weighted by Crippen LogP contribution is -2.68. The van der Waals surface area contributed by atoms with Gasteiger partial charge in [0.25, 0.3) is 5.91 Å². The number of amides is 2. The Labute approximate surface area is 187 Å². The summed E-state index contributed by atoms with van der Waals surface area (Å²) in [5, 5.41) is 0. The Kier molecular flexibility index (Phi) is 4.88. The summed E-state index contributed by atoms with van der Waals surface area (Å²) in [7, 11) is 0. The lowest BCUT2D eigenvalue weighted by Gasteiger charge is -2.48. The number of likely N-dealkylation sites (N-methyl/N-ethyl adjacent to an activating group) is 1. The van der Waals surface area contributed by atoms with E-state index < -0.39 is 30.7 Å². The second-order valence-electron chi connectivity index (χ2n) is 7.85. The molecule has 0 aliphatic carbocycles. The number of nitrogens with zero attached hydrogens (tertiary/aromatic N) is 4. The van der Waals surface area contributed by atoms with Crippen LogP contribution in [0, 0.1) is 0 Å². The largest absolute Gasteiger partial charge is 0.454 e. The van der Waals surface area contributed by atoms with Crippen molar-refractivity contribution in [3.05, 3.63) is 59.9 Å². The maximum absolute atomic E-state index is 13.7. The summed E-state index contributed by atoms with van der Waals surface area (Å²) in [6.07, 6.45) is 0.0899. The fourth-order valence-corrected chi connectivity index (χ4v) is 4.83. The van der Waals surface area contributed by atoms with Gasteiger partial charge in [-0.2, -0.15) is 8.78 Å². The Morgan fingerprint density at radius 2 is 1.88 bits per heavy atom. The number of alkyl halides is 2. The fraction of sp³-hybridized carbons (Fsp3) is 0.304. The Bertz CT molecular complexity index is 1290. The average molecular weight is 454 g/mol. The number of imidazole rings is 1. The van der Waals surface area contributed by atoms with E-state index in [1.54, 1.807) is 49.4 Å². The minimum Gasteiger partial charge on any atom is -0.454 e. The highest BCUT2D eigenvalue weighted by Crippen LogP contribution is 2.45. The first kappa shape index (κ1) is 21.0. The zero-order valence-corrected chi connectivity index (χ0v) is 17.7. The third-order valence-electron chi connectivity index (χ3n) is 6.21. The van der Waals surface area contributed by atoms with Crippen molar-refractivity contribution in [3.63, 3.8) is 0 Å². The zero-order valence-electron chi connectivity index (χ0n) is 17.7. The molecule has 0 radical (unpaired) electrons. The van der Waals surface area contributed by atoms with E-state index >= 15 is 0 Å². The van der Waals surface area contributed by atoms with Gasteiger partial charge in [-0.25, -0.2) is 9.78 Å². The summed E-state index contributed by atoms with van der Waals surface area (Å²) in [6, 6.07) is 13.0. The molecule has 170 valence electrons. The average Bonchev–Trinajstić information content (AvgIpc) is 3.36. The number of anilines is 1. The number of ether oxygens (including phenoxy) is 1. The maximum Gasteiger partial charge on any atom is 0.354 e. The summed E-state index contributed by atoms with van der Waals surface area (Å²) in [6.45, 7) is -1.56. The van der Waals surface area contributed by atoms with Gasteiger partial charge in [0.05, 0.1) is 22.3 Å². The molecule has 2 aliphatic rings. The molecule has 0 unspecified atom stereocenters. The standard InChI is InChI=1S/C23H20F2N4O4/c1-2-27-20(31)14-7-3-5-9-16(14)29-19(30)11-12-23(27,29)21(32)33-13-18-26-15-8-4-6-10-17(15)28(18)22(24)25/h3-10,22H,2,11-13H2,1H3/t23-/m1/s1. The Morgan fingerprint density at radius 3 is 2.64 bits per heavy atom. The molecular formula is C23H20F2N4O4. The van der Waals surface area contributed by atoms with E-state index in [1.165, 1.54) is 15.9 Å². The first-order valence-electron chi connectivity index (χ1n) is 10.6. The van der Waals surface area contributed by atoms with Gasteiger partial charge in [-0.05, 0) is 31.2 Å². The summed E-state index contributed by atoms with van der Waals surface area (Å²) in [5.41, 5.74) is -0.453. The molecule has 8 nitrogen and oxygen atoms in total. The molecular weight excluding hydrogens is 434 g/mol. The predicted octanol–water partition coefficient (Wildman–Crippen LogP) is 3.47. The molecule has 2 aliphatic heterocycles. The van der Waals surface area contributed by atoms with Crippen molar-refractivity contribution in [2.24, 2.45) is 0 Å². The van der Waals surface area contributed by atoms with Crippen LogP contribution in [-0.2, 0) is 20.9 Å². The number of hydrogen-bond acceptors (Lipinski definition) is 5. The second kappa shape index (κ2) is 7.65. The van der Waals surface area contributed by atoms with Crippen LogP contribution in [0.3, 0.4) is 0 Å². The third-order valence-corrected chi connectivity index (χ3v) is 6.21. The van der Waals surface area contributed by atoms with Gasteiger partial charge in [0.1, 0.15) is 6.61 Å². The lowest BCUT2D eigenvalue weighted by atomic mass is 9.96. The number of carbonyl (C=O) groups excluding carboxylic acids is 3. The smallest absolute Gasteiger partial charge is 0.354 e. The summed E-state index contributed by atoms with van der Waals surface area (Å²) < 4.78 is 33.7. The maximum atomic E-state index is 13.7. The van der Waals surface area contributed by atoms with Crippen LogP contribution in [0.4, 0.5) is 14.5 Å². The predicted molar refractivity (Wildman–Crippen MR) is 113 cm³/mol. The number of halogens is 2. The van der Waals surface area contributed by atoms with Gasteiger partial charge in [-0.15, -0.1) is 0 Å². The van der Waals surface area contributed by atoms with Crippen molar-refractivity contribution in [2.45, 2.75) is 38.6 Å². The summed E-state index contributed by atoms with van der Waals surface area (Å²) in [5.74, 6) is -1.69. The first-order chi connectivity index (χ1) is 15.9. The first-order valence-corrected chi connectivity index (χ1v) is 10.6. The molecule has 0 N–H and O–H groups in total. The molecule has 1 atom stereocenters. The number of rotatable bonds is 5. The second-order valence-corrected chi connectivity index (χ2v) is 7.85. The minimum atomic E-state index is -2.89. The van der Waals surface area contributed by atoms with E-state index in [1.807, 2.05) is 0 Å². The Hall–Kier alpha value is -3.82. The highest BCUT2D eigenvalue weighted by atomic mass is 19.3. The summed E-state index contributed by atoms with van der Waals surface area (Å²) >= 11 is 0. The SMILES string of the molecule is CCN1C(=O)c2ccccc2N2C(=O)CC[C@@]12C(=O)OCc1nc2ccccc2n1C(F)F. The van der Waals surface area contributed by atoms with Gasteiger partial charge in [-0.1, -0.05) is 24.3 Å². The van der Waals surface area contributed by atoms with Crippen LogP contribution in [-0.4, -0.2) is 44.4 Å². The van der Waals surface area contributed by atoms with Crippen LogP contribution >= 0.6 is 0 Å². The molecule has 1 saturated heterocycles. The van der Waals surface area contributed by atoms with E-state index in [2.05, 4.69) is 4.98 Å². The van der Waals surface area contributed by atoms with E-state index in [-0.39, 0.29) is 36.6 Å². The number of para-hydroxylation sites is 3. The van der Waals surface area contributed by atoms with Crippen molar-refractivity contribution in [2.75, 3.05) is 11.4 Å². The quantitative estimate of drug-likeness (QED) is 0.551. The van der Waals surface area contributed by atoms with Crippen LogP contribution in [0.25, 0.3) is 11.0 Å². The highest BCUT2D eigenvalue weighted by molar-refractivity contribution is 6.15. The normalized spacial score (nSPS) is 19.9. The molecule has 33 heavy (non-hydrogen) atoms. The monoisotopic (exact) mass is 454 g/mol. The van der Waals surface area contributed by atoms with Crippen molar-refractivity contribution in [1.29, 1.82) is 0 Å². The molecule has 5 rings (SSSR count). The number of aromatic nitrogens is 2. The Balaban J connectivity index is 1.53. The van der Waals surface area contributed by atoms with Crippen molar-refractivity contribution < 1.29 is 27.9 Å². The van der Waals surface area contributed by atoms with Gasteiger partial charge >= 0.3 is 12.5 Å². The summed E-state index contributed by atoms with van der Waals surface area (Å²) in [4.78, 5) is 46.4. The number of carbonyl (C=O) groups is 3. The van der Waals surface area contributed by atoms with Crippen LogP contribution in [0.2, 0.25) is 0 Å². The number of fused-ring (bicyclic) bond motifs is 4. The molecule has 1 fully saturated rings. The molecule has 3 aromatic rings. The van der Waals surface area contributed by atoms with Gasteiger partial charge < -0.3 is 9.64 Å². The van der Waals surface area contributed by atoms with Crippen molar-refractivity contribution in [1.82, 2.24) is 14.5 Å². The van der Waals surface area contributed by atoms with Crippen molar-refractivity contribution >= 4 is 34.5 Å². The number of benzene rings is 2. The Morgan fingerprint density at radius 1 is 1.15 bits per heavy atom. The molecule has 1 aromatic heterocycles. The van der Waals surface area contributed by atoms with Crippen LogP contribution in [0.5, 0.6) is 0 Å². The van der Waals surface area contributed by atoms with Gasteiger partial charge in [0.15, 0.2) is 5.82 Å². The zero-order chi connectivity index (χ0) is 23.3. The van der Waals surface area contributed by atoms with Crippen LogP contribution < -0.4 is 4.90 Å². The molecule has 0 saturated carbocycles. The molecule has 0 bridgehead atoms. The highest BCUT2D eigenvalue weighted by Gasteiger charge is 2.61. The van der Waals surface area contributed by atoms with Gasteiger partial charge in [0.2, 0.25) is 11.6 Å². The minimum absolute atomic E-state index is 0.0444. The molecule has 3 heterocycles. The van der Waals surface area contributed by atoms with Gasteiger partial charge in [0, 0.05) is 19.4 Å². The topological polar surface area (TPSA) is 84.7 Å². The molecule has 2 amide bonds. The molecule has 2 aromatic carbocycles. The van der Waals surface area contributed by atoms with Crippen LogP contribution in [0.15, 0.2) is 48.5 Å². The molecule has 10 heteroatoms. The van der Waals surface area contributed by atoms with Crippen molar-refractivity contribution in [3.8, 4) is 0 Å². The lowest BCUT2D eigenvalue weighted by molar-refractivity contribution is -0.159. The van der Waals surface area contributed by atoms with E-state index in [9.17, 15) is 23.2 Å². The van der Waals surface area contributed by atoms with Crippen LogP contribution in [0.1, 0.15) is 42.5 Å². The molecule has 0 spiro atoms. The fourth-order valence-electron chi connectivity index (χ4n) is 4.83. The van der Waals surface area contributed by atoms with E-state index in [0.29, 0.717) is 21.3 Å². The number of esters is 1.